The van der Waals surface area contributed by atoms with E-state index in [1.807, 2.05) is 24.9 Å². The summed E-state index contributed by atoms with van der Waals surface area (Å²) in [5.41, 5.74) is 3.78. The number of hydrogen-bond donors (Lipinski definition) is 1. The molecule has 4 rings (SSSR count). The summed E-state index contributed by atoms with van der Waals surface area (Å²) in [4.78, 5) is 7.37. The molecule has 3 atom stereocenters. The van der Waals surface area contributed by atoms with Crippen molar-refractivity contribution in [2.45, 2.75) is 53.0 Å². The number of aromatic nitrogens is 3. The Labute approximate surface area is 169 Å². The van der Waals surface area contributed by atoms with Gasteiger partial charge >= 0.3 is 0 Å². The number of anilines is 1. The zero-order chi connectivity index (χ0) is 19.9. The Kier molecular flexibility index (Phi) is 5.21. The van der Waals surface area contributed by atoms with Crippen LogP contribution in [0.2, 0.25) is 0 Å². The highest BCUT2D eigenvalue weighted by atomic mass is 15.2. The smallest absolute Gasteiger partial charge is 0.126 e. The van der Waals surface area contributed by atoms with Gasteiger partial charge in [0.1, 0.15) is 5.82 Å². The van der Waals surface area contributed by atoms with Gasteiger partial charge in [-0.3, -0.25) is 4.68 Å². The molecule has 1 saturated carbocycles. The van der Waals surface area contributed by atoms with Crippen molar-refractivity contribution in [1.29, 1.82) is 0 Å². The van der Waals surface area contributed by atoms with E-state index in [0.29, 0.717) is 11.5 Å². The van der Waals surface area contributed by atoms with Crippen LogP contribution in [0.4, 0.5) is 5.82 Å². The summed E-state index contributed by atoms with van der Waals surface area (Å²) in [5, 5.41) is 8.12. The Morgan fingerprint density at radius 2 is 1.86 bits per heavy atom. The standard InChI is InChI=1S/C23H35N5/c1-16-21(15-27(5)26-16)17-6-7-22(24-12-17)25-20-10-18-13-28(14-19(18)11-20)9-8-23(2,3)4/h6-7,12,15,18-20H,8-11,13-14H2,1-5H3,(H,24,25)/t18-,19+,20+. The first-order valence-electron chi connectivity index (χ1n) is 10.7. The second-order valence-electron chi connectivity index (χ2n) is 10.1. The van der Waals surface area contributed by atoms with Crippen LogP contribution < -0.4 is 5.32 Å². The zero-order valence-electron chi connectivity index (χ0n) is 18.1. The fourth-order valence-corrected chi connectivity index (χ4v) is 4.92. The minimum Gasteiger partial charge on any atom is -0.367 e. The molecule has 0 radical (unpaired) electrons. The number of aryl methyl sites for hydroxylation is 2. The van der Waals surface area contributed by atoms with Crippen molar-refractivity contribution in [2.75, 3.05) is 25.0 Å². The largest absolute Gasteiger partial charge is 0.367 e. The molecule has 0 amide bonds. The van der Waals surface area contributed by atoms with Crippen molar-refractivity contribution < 1.29 is 0 Å². The number of fused-ring (bicyclic) bond motifs is 1. The van der Waals surface area contributed by atoms with Gasteiger partial charge in [0.25, 0.3) is 0 Å². The normalized spacial score (nSPS) is 25.2. The summed E-state index contributed by atoms with van der Waals surface area (Å²) in [6.45, 7) is 12.9. The van der Waals surface area contributed by atoms with Gasteiger partial charge in [0.15, 0.2) is 0 Å². The molecule has 2 aliphatic rings. The van der Waals surface area contributed by atoms with Crippen molar-refractivity contribution in [3.63, 3.8) is 0 Å². The third-order valence-electron chi connectivity index (χ3n) is 6.44. The molecule has 2 aromatic rings. The number of pyridine rings is 1. The lowest BCUT2D eigenvalue weighted by atomic mass is 9.92. The van der Waals surface area contributed by atoms with Gasteiger partial charge in [0, 0.05) is 49.7 Å². The van der Waals surface area contributed by atoms with E-state index < -0.39 is 0 Å². The average molecular weight is 382 g/mol. The van der Waals surface area contributed by atoms with E-state index in [-0.39, 0.29) is 0 Å². The molecular weight excluding hydrogens is 346 g/mol. The SMILES string of the molecule is Cc1nn(C)cc1-c1ccc(N[C@H]2C[C@@H]3CN(CCC(C)(C)C)C[C@@H]3C2)nc1. The maximum atomic E-state index is 4.68. The Morgan fingerprint density at radius 1 is 1.14 bits per heavy atom. The highest BCUT2D eigenvalue weighted by Gasteiger charge is 2.40. The molecule has 1 saturated heterocycles. The highest BCUT2D eigenvalue weighted by molar-refractivity contribution is 5.65. The second kappa shape index (κ2) is 7.51. The Hall–Kier alpha value is -1.88. The first kappa shape index (κ1) is 19.4. The van der Waals surface area contributed by atoms with Gasteiger partial charge in [-0.2, -0.15) is 5.10 Å². The molecule has 0 unspecified atom stereocenters. The Balaban J connectivity index is 1.29. The molecular formula is C23H35N5. The van der Waals surface area contributed by atoms with Crippen molar-refractivity contribution >= 4 is 5.82 Å². The number of rotatable bonds is 5. The minimum atomic E-state index is 0.438. The van der Waals surface area contributed by atoms with E-state index in [2.05, 4.69) is 59.4 Å². The molecule has 1 aliphatic heterocycles. The molecule has 5 heteroatoms. The van der Waals surface area contributed by atoms with Gasteiger partial charge in [-0.05, 0) is 62.1 Å². The van der Waals surface area contributed by atoms with Crippen molar-refractivity contribution in [2.24, 2.45) is 24.3 Å². The van der Waals surface area contributed by atoms with Crippen molar-refractivity contribution in [3.8, 4) is 11.1 Å². The quantitative estimate of drug-likeness (QED) is 0.836. The summed E-state index contributed by atoms with van der Waals surface area (Å²) in [5.74, 6) is 2.71. The first-order chi connectivity index (χ1) is 13.3. The summed E-state index contributed by atoms with van der Waals surface area (Å²) < 4.78 is 1.86. The zero-order valence-corrected chi connectivity index (χ0v) is 18.1. The predicted octanol–water partition coefficient (Wildman–Crippen LogP) is 4.35. The molecule has 1 N–H and O–H groups in total. The lowest BCUT2D eigenvalue weighted by molar-refractivity contribution is 0.250. The summed E-state index contributed by atoms with van der Waals surface area (Å²) in [7, 11) is 1.96. The van der Waals surface area contributed by atoms with Crippen LogP contribution in [-0.4, -0.2) is 45.3 Å². The van der Waals surface area contributed by atoms with Crippen LogP contribution in [0.1, 0.15) is 45.7 Å². The summed E-state index contributed by atoms with van der Waals surface area (Å²) in [6.07, 6.45) is 7.88. The Bertz CT molecular complexity index is 787. The number of hydrogen-bond acceptors (Lipinski definition) is 4. The molecule has 28 heavy (non-hydrogen) atoms. The van der Waals surface area contributed by atoms with Gasteiger partial charge in [0.2, 0.25) is 0 Å². The summed E-state index contributed by atoms with van der Waals surface area (Å²) >= 11 is 0. The van der Waals surface area contributed by atoms with Crippen molar-refractivity contribution in [3.05, 3.63) is 30.2 Å². The molecule has 2 fully saturated rings. The minimum absolute atomic E-state index is 0.438. The molecule has 2 aromatic heterocycles. The van der Waals surface area contributed by atoms with Crippen LogP contribution in [0.5, 0.6) is 0 Å². The van der Waals surface area contributed by atoms with E-state index in [1.54, 1.807) is 0 Å². The van der Waals surface area contributed by atoms with Crippen LogP contribution >= 0.6 is 0 Å². The molecule has 0 aromatic carbocycles. The van der Waals surface area contributed by atoms with Crippen LogP contribution in [0, 0.1) is 24.2 Å². The van der Waals surface area contributed by atoms with E-state index in [4.69, 9.17) is 0 Å². The van der Waals surface area contributed by atoms with E-state index >= 15 is 0 Å². The van der Waals surface area contributed by atoms with Gasteiger partial charge in [-0.25, -0.2) is 4.98 Å². The maximum Gasteiger partial charge on any atom is 0.126 e. The Morgan fingerprint density at radius 3 is 2.39 bits per heavy atom. The molecule has 5 nitrogen and oxygen atoms in total. The molecule has 1 aliphatic carbocycles. The van der Waals surface area contributed by atoms with Gasteiger partial charge in [0.05, 0.1) is 5.69 Å². The van der Waals surface area contributed by atoms with Crippen LogP contribution in [0.25, 0.3) is 11.1 Å². The van der Waals surface area contributed by atoms with E-state index in [1.165, 1.54) is 38.9 Å². The predicted molar refractivity (Wildman–Crippen MR) is 115 cm³/mol. The lowest BCUT2D eigenvalue weighted by Crippen LogP contribution is -2.28. The fraction of sp³-hybridized carbons (Fsp3) is 0.652. The van der Waals surface area contributed by atoms with E-state index in [9.17, 15) is 0 Å². The van der Waals surface area contributed by atoms with Gasteiger partial charge in [-0.1, -0.05) is 20.8 Å². The molecule has 0 bridgehead atoms. The fourth-order valence-electron chi connectivity index (χ4n) is 4.92. The molecule has 3 heterocycles. The second-order valence-corrected chi connectivity index (χ2v) is 10.1. The maximum absolute atomic E-state index is 4.68. The van der Waals surface area contributed by atoms with E-state index in [0.717, 1.165) is 34.5 Å². The average Bonchev–Trinajstić information content (AvgIpc) is 3.26. The van der Waals surface area contributed by atoms with Crippen LogP contribution in [-0.2, 0) is 7.05 Å². The first-order valence-corrected chi connectivity index (χ1v) is 10.7. The van der Waals surface area contributed by atoms with Gasteiger partial charge < -0.3 is 10.2 Å². The lowest BCUT2D eigenvalue weighted by Gasteiger charge is -2.24. The van der Waals surface area contributed by atoms with Crippen LogP contribution in [0.3, 0.4) is 0 Å². The molecule has 152 valence electrons. The monoisotopic (exact) mass is 381 g/mol. The summed E-state index contributed by atoms with van der Waals surface area (Å²) in [6, 6.07) is 4.84. The van der Waals surface area contributed by atoms with Gasteiger partial charge in [-0.15, -0.1) is 0 Å². The number of nitrogens with zero attached hydrogens (tertiary/aromatic N) is 4. The van der Waals surface area contributed by atoms with Crippen LogP contribution in [0.15, 0.2) is 24.5 Å². The molecule has 0 spiro atoms. The topological polar surface area (TPSA) is 46.0 Å². The van der Waals surface area contributed by atoms with Crippen molar-refractivity contribution in [1.82, 2.24) is 19.7 Å². The number of likely N-dealkylation sites (tertiary alicyclic amines) is 1. The third-order valence-corrected chi connectivity index (χ3v) is 6.44. The third kappa shape index (κ3) is 4.40. The highest BCUT2D eigenvalue weighted by Crippen LogP contribution is 2.39. The number of nitrogens with one attached hydrogen (secondary N) is 1.